The van der Waals surface area contributed by atoms with Gasteiger partial charge in [-0.25, -0.2) is 8.78 Å². The van der Waals surface area contributed by atoms with Gasteiger partial charge >= 0.3 is 5.97 Å². The molecule has 3 atom stereocenters. The Morgan fingerprint density at radius 1 is 1.18 bits per heavy atom. The second-order valence-electron chi connectivity index (χ2n) is 7.49. The summed E-state index contributed by atoms with van der Waals surface area (Å²) in [6.45, 7) is 0.198. The maximum absolute atomic E-state index is 14.2. The number of hydrogen-bond acceptors (Lipinski definition) is 3. The number of carboxylic acids is 1. The second kappa shape index (κ2) is 8.67. The summed E-state index contributed by atoms with van der Waals surface area (Å²) in [5.74, 6) is -3.42. The first-order valence-electron chi connectivity index (χ1n) is 9.65. The van der Waals surface area contributed by atoms with Crippen molar-refractivity contribution in [2.24, 2.45) is 5.92 Å². The van der Waals surface area contributed by atoms with Crippen LogP contribution >= 0.6 is 0 Å². The summed E-state index contributed by atoms with van der Waals surface area (Å²) in [7, 11) is 0. The van der Waals surface area contributed by atoms with Crippen LogP contribution < -0.4 is 5.32 Å². The van der Waals surface area contributed by atoms with E-state index in [-0.39, 0.29) is 36.4 Å². The number of nitrogens with one attached hydrogen (secondary N) is 1. The molecule has 2 N–H and O–H groups in total. The van der Waals surface area contributed by atoms with Crippen molar-refractivity contribution in [3.05, 3.63) is 35.4 Å². The summed E-state index contributed by atoms with van der Waals surface area (Å²) in [6, 6.07) is 1.95. The van der Waals surface area contributed by atoms with E-state index < -0.39 is 29.6 Å². The number of nitrogens with zero attached hydrogens (tertiary/aromatic N) is 1. The molecule has 1 saturated carbocycles. The highest BCUT2D eigenvalue weighted by atomic mass is 19.1. The molecular weight excluding hydrogens is 370 g/mol. The average Bonchev–Trinajstić information content (AvgIpc) is 3.04. The maximum Gasteiger partial charge on any atom is 0.303 e. The van der Waals surface area contributed by atoms with E-state index in [2.05, 4.69) is 5.32 Å². The van der Waals surface area contributed by atoms with Gasteiger partial charge in [-0.05, 0) is 43.7 Å². The topological polar surface area (TPSA) is 86.7 Å². The number of halogens is 2. The van der Waals surface area contributed by atoms with Crippen LogP contribution in [0.2, 0.25) is 0 Å². The van der Waals surface area contributed by atoms with E-state index in [9.17, 15) is 23.2 Å². The molecule has 1 aliphatic carbocycles. The average molecular weight is 394 g/mol. The number of carbonyl (C=O) groups excluding carboxylic acids is 2. The van der Waals surface area contributed by atoms with E-state index in [1.807, 2.05) is 0 Å². The van der Waals surface area contributed by atoms with Crippen LogP contribution in [0.3, 0.4) is 0 Å². The van der Waals surface area contributed by atoms with Crippen LogP contribution in [-0.2, 0) is 9.59 Å². The quantitative estimate of drug-likeness (QED) is 0.727. The molecule has 2 amide bonds. The predicted molar refractivity (Wildman–Crippen MR) is 96.6 cm³/mol. The molecular formula is C20H24F2N2O4. The van der Waals surface area contributed by atoms with Crippen molar-refractivity contribution in [3.8, 4) is 0 Å². The Morgan fingerprint density at radius 2 is 1.93 bits per heavy atom. The van der Waals surface area contributed by atoms with Gasteiger partial charge in [-0.15, -0.1) is 0 Å². The van der Waals surface area contributed by atoms with Gasteiger partial charge in [-0.3, -0.25) is 14.4 Å². The first kappa shape index (κ1) is 20.2. The van der Waals surface area contributed by atoms with E-state index in [4.69, 9.17) is 5.11 Å². The minimum atomic E-state index is -0.940. The third-order valence-electron chi connectivity index (χ3n) is 5.65. The standard InChI is InChI=1S/C20H24F2N2O4/c21-13-7-8-14(15(22)11-13)20(28)24-16-5-2-1-4-12(16)10-17(24)19(27)23-9-3-6-18(25)26/h7-8,11-12,16-17H,1-6,9-10H2,(H,23,27)(H,25,26). The molecule has 1 aliphatic heterocycles. The number of rotatable bonds is 6. The molecule has 8 heteroatoms. The van der Waals surface area contributed by atoms with Gasteiger partial charge in [0.1, 0.15) is 17.7 Å². The van der Waals surface area contributed by atoms with Crippen molar-refractivity contribution in [1.82, 2.24) is 10.2 Å². The van der Waals surface area contributed by atoms with Gasteiger partial charge in [0.15, 0.2) is 0 Å². The smallest absolute Gasteiger partial charge is 0.303 e. The lowest BCUT2D eigenvalue weighted by atomic mass is 9.84. The number of hydrogen-bond donors (Lipinski definition) is 2. The molecule has 1 aromatic rings. The van der Waals surface area contributed by atoms with Crippen molar-refractivity contribution in [2.75, 3.05) is 6.54 Å². The zero-order chi connectivity index (χ0) is 20.3. The largest absolute Gasteiger partial charge is 0.481 e. The van der Waals surface area contributed by atoms with Crippen molar-refractivity contribution in [1.29, 1.82) is 0 Å². The van der Waals surface area contributed by atoms with E-state index in [1.54, 1.807) is 0 Å². The van der Waals surface area contributed by atoms with E-state index in [0.717, 1.165) is 37.8 Å². The summed E-state index contributed by atoms with van der Waals surface area (Å²) >= 11 is 0. The normalized spacial score (nSPS) is 23.9. The minimum absolute atomic E-state index is 0.0559. The Hall–Kier alpha value is -2.51. The van der Waals surface area contributed by atoms with Gasteiger partial charge in [0.25, 0.3) is 5.91 Å². The van der Waals surface area contributed by atoms with Crippen LogP contribution in [0.25, 0.3) is 0 Å². The van der Waals surface area contributed by atoms with Crippen LogP contribution in [0.15, 0.2) is 18.2 Å². The maximum atomic E-state index is 14.2. The van der Waals surface area contributed by atoms with Gasteiger partial charge in [-0.2, -0.15) is 0 Å². The Labute approximate surface area is 161 Å². The van der Waals surface area contributed by atoms with Crippen LogP contribution in [0.5, 0.6) is 0 Å². The molecule has 0 spiro atoms. The molecule has 152 valence electrons. The van der Waals surface area contributed by atoms with Crippen LogP contribution in [0, 0.1) is 17.6 Å². The lowest BCUT2D eigenvalue weighted by Gasteiger charge is -2.33. The monoisotopic (exact) mass is 394 g/mol. The predicted octanol–water partition coefficient (Wildman–Crippen LogP) is 2.72. The molecule has 1 saturated heterocycles. The SMILES string of the molecule is O=C(O)CCCNC(=O)C1CC2CCCCC2N1C(=O)c1ccc(F)cc1F. The summed E-state index contributed by atoms with van der Waals surface area (Å²) in [4.78, 5) is 37.8. The van der Waals surface area contributed by atoms with Crippen LogP contribution in [0.4, 0.5) is 8.78 Å². The summed E-state index contributed by atoms with van der Waals surface area (Å²) in [5.41, 5.74) is -0.240. The number of aliphatic carboxylic acids is 1. The lowest BCUT2D eigenvalue weighted by molar-refractivity contribution is -0.137. The van der Waals surface area contributed by atoms with Crippen molar-refractivity contribution >= 4 is 17.8 Å². The van der Waals surface area contributed by atoms with E-state index in [0.29, 0.717) is 18.9 Å². The first-order chi connectivity index (χ1) is 13.4. The highest BCUT2D eigenvalue weighted by Crippen LogP contribution is 2.40. The number of carboxylic acid groups (broad SMARTS) is 1. The molecule has 3 rings (SSSR count). The molecule has 3 unspecified atom stereocenters. The second-order valence-corrected chi connectivity index (χ2v) is 7.49. The van der Waals surface area contributed by atoms with Crippen molar-refractivity contribution in [3.63, 3.8) is 0 Å². The number of amides is 2. The third kappa shape index (κ3) is 4.31. The molecule has 1 aromatic carbocycles. The Balaban J connectivity index is 1.78. The number of likely N-dealkylation sites (tertiary alicyclic amines) is 1. The summed E-state index contributed by atoms with van der Waals surface area (Å²) < 4.78 is 27.4. The molecule has 28 heavy (non-hydrogen) atoms. The van der Waals surface area contributed by atoms with Crippen molar-refractivity contribution < 1.29 is 28.3 Å². The molecule has 0 aromatic heterocycles. The zero-order valence-corrected chi connectivity index (χ0v) is 15.5. The van der Waals surface area contributed by atoms with Gasteiger partial charge in [-0.1, -0.05) is 12.8 Å². The first-order valence-corrected chi connectivity index (χ1v) is 9.65. The number of fused-ring (bicyclic) bond motifs is 1. The highest BCUT2D eigenvalue weighted by molar-refractivity contribution is 5.98. The molecule has 2 fully saturated rings. The molecule has 0 bridgehead atoms. The van der Waals surface area contributed by atoms with E-state index in [1.165, 1.54) is 4.90 Å². The zero-order valence-electron chi connectivity index (χ0n) is 15.5. The molecule has 2 aliphatic rings. The van der Waals surface area contributed by atoms with Crippen LogP contribution in [0.1, 0.15) is 55.3 Å². The van der Waals surface area contributed by atoms with Crippen LogP contribution in [-0.4, -0.2) is 46.4 Å². The molecule has 6 nitrogen and oxygen atoms in total. The Morgan fingerprint density at radius 3 is 2.64 bits per heavy atom. The van der Waals surface area contributed by atoms with Gasteiger partial charge < -0.3 is 15.3 Å². The fourth-order valence-electron chi connectivity index (χ4n) is 4.36. The van der Waals surface area contributed by atoms with Gasteiger partial charge in [0.2, 0.25) is 5.91 Å². The highest BCUT2D eigenvalue weighted by Gasteiger charge is 2.47. The molecule has 0 radical (unpaired) electrons. The third-order valence-corrected chi connectivity index (χ3v) is 5.65. The number of carbonyl (C=O) groups is 3. The fraction of sp³-hybridized carbons (Fsp3) is 0.550. The van der Waals surface area contributed by atoms with Gasteiger partial charge in [0.05, 0.1) is 5.56 Å². The van der Waals surface area contributed by atoms with Gasteiger partial charge in [0, 0.05) is 25.1 Å². The summed E-state index contributed by atoms with van der Waals surface area (Å²) in [6.07, 6.45) is 4.36. The summed E-state index contributed by atoms with van der Waals surface area (Å²) in [5, 5.41) is 11.4. The van der Waals surface area contributed by atoms with E-state index >= 15 is 0 Å². The van der Waals surface area contributed by atoms with Crippen molar-refractivity contribution in [2.45, 2.75) is 57.0 Å². The minimum Gasteiger partial charge on any atom is -0.481 e. The molecule has 1 heterocycles. The Bertz CT molecular complexity index is 771. The Kier molecular flexibility index (Phi) is 6.26. The lowest BCUT2D eigenvalue weighted by Crippen LogP contribution is -2.50. The fourth-order valence-corrected chi connectivity index (χ4v) is 4.36. The number of benzene rings is 1.